The van der Waals surface area contributed by atoms with Crippen molar-refractivity contribution in [3.05, 3.63) is 54.6 Å². The molecule has 1 amide bonds. The van der Waals surface area contributed by atoms with Crippen LogP contribution in [0.2, 0.25) is 0 Å². The second-order valence-corrected chi connectivity index (χ2v) is 5.99. The SMILES string of the molecule is CC(C)CC(=O)Nc1ccc(-c2cc3ccccc3[nH]2)cc1. The van der Waals surface area contributed by atoms with Crippen molar-refractivity contribution in [2.24, 2.45) is 5.92 Å². The molecule has 22 heavy (non-hydrogen) atoms. The Hall–Kier alpha value is -2.55. The third kappa shape index (κ3) is 3.19. The number of fused-ring (bicyclic) bond motifs is 1. The zero-order valence-corrected chi connectivity index (χ0v) is 12.9. The lowest BCUT2D eigenvalue weighted by Crippen LogP contribution is -2.13. The zero-order chi connectivity index (χ0) is 15.5. The second kappa shape index (κ2) is 6.06. The van der Waals surface area contributed by atoms with E-state index in [0.717, 1.165) is 22.5 Å². The van der Waals surface area contributed by atoms with E-state index in [0.29, 0.717) is 12.3 Å². The maximum absolute atomic E-state index is 11.8. The quantitative estimate of drug-likeness (QED) is 0.711. The predicted octanol–water partition coefficient (Wildman–Crippen LogP) is 4.82. The summed E-state index contributed by atoms with van der Waals surface area (Å²) < 4.78 is 0. The molecule has 1 heterocycles. The standard InChI is InChI=1S/C19H20N2O/c1-13(2)11-19(22)20-16-9-7-14(8-10-16)18-12-15-5-3-4-6-17(15)21-18/h3-10,12-13,21H,11H2,1-2H3,(H,20,22). The molecule has 0 aliphatic heterocycles. The predicted molar refractivity (Wildman–Crippen MR) is 91.8 cm³/mol. The number of aromatic nitrogens is 1. The van der Waals surface area contributed by atoms with Gasteiger partial charge in [0, 0.05) is 28.7 Å². The van der Waals surface area contributed by atoms with Crippen LogP contribution in [0.4, 0.5) is 5.69 Å². The number of rotatable bonds is 4. The molecule has 0 aliphatic rings. The van der Waals surface area contributed by atoms with Crippen LogP contribution in [0.1, 0.15) is 20.3 Å². The van der Waals surface area contributed by atoms with E-state index in [9.17, 15) is 4.79 Å². The maximum atomic E-state index is 11.8. The van der Waals surface area contributed by atoms with Crippen molar-refractivity contribution in [2.75, 3.05) is 5.32 Å². The van der Waals surface area contributed by atoms with Crippen molar-refractivity contribution < 1.29 is 4.79 Å². The van der Waals surface area contributed by atoms with Gasteiger partial charge in [0.05, 0.1) is 0 Å². The normalized spacial score (nSPS) is 11.0. The van der Waals surface area contributed by atoms with Crippen LogP contribution in [0.3, 0.4) is 0 Å². The highest BCUT2D eigenvalue weighted by atomic mass is 16.1. The zero-order valence-electron chi connectivity index (χ0n) is 12.9. The monoisotopic (exact) mass is 292 g/mol. The van der Waals surface area contributed by atoms with E-state index in [4.69, 9.17) is 0 Å². The summed E-state index contributed by atoms with van der Waals surface area (Å²) in [6, 6.07) is 18.3. The number of H-pyrrole nitrogens is 1. The summed E-state index contributed by atoms with van der Waals surface area (Å²) in [7, 11) is 0. The van der Waals surface area contributed by atoms with E-state index >= 15 is 0 Å². The second-order valence-electron chi connectivity index (χ2n) is 5.99. The highest BCUT2D eigenvalue weighted by molar-refractivity contribution is 5.91. The van der Waals surface area contributed by atoms with Crippen molar-refractivity contribution in [2.45, 2.75) is 20.3 Å². The minimum absolute atomic E-state index is 0.0633. The first kappa shape index (κ1) is 14.4. The van der Waals surface area contributed by atoms with Crippen LogP contribution in [0.15, 0.2) is 54.6 Å². The molecule has 3 heteroatoms. The number of aromatic amines is 1. The van der Waals surface area contributed by atoms with Gasteiger partial charge in [-0.2, -0.15) is 0 Å². The number of hydrogen-bond donors (Lipinski definition) is 2. The molecule has 0 spiro atoms. The van der Waals surface area contributed by atoms with Crippen molar-refractivity contribution in [3.63, 3.8) is 0 Å². The van der Waals surface area contributed by atoms with Crippen LogP contribution in [-0.4, -0.2) is 10.9 Å². The van der Waals surface area contributed by atoms with Gasteiger partial charge in [0.2, 0.25) is 5.91 Å². The number of benzene rings is 2. The fourth-order valence-corrected chi connectivity index (χ4v) is 2.54. The molecule has 0 aliphatic carbocycles. The molecule has 3 nitrogen and oxygen atoms in total. The Labute approximate surface area is 130 Å². The number of hydrogen-bond acceptors (Lipinski definition) is 1. The third-order valence-corrected chi connectivity index (χ3v) is 3.60. The fraction of sp³-hybridized carbons (Fsp3) is 0.211. The lowest BCUT2D eigenvalue weighted by atomic mass is 10.1. The van der Waals surface area contributed by atoms with Crippen LogP contribution in [0.25, 0.3) is 22.2 Å². The number of amides is 1. The Morgan fingerprint density at radius 3 is 2.50 bits per heavy atom. The number of carbonyl (C=O) groups excluding carboxylic acids is 1. The van der Waals surface area contributed by atoms with Gasteiger partial charge in [0.25, 0.3) is 0 Å². The fourth-order valence-electron chi connectivity index (χ4n) is 2.54. The Morgan fingerprint density at radius 1 is 1.09 bits per heavy atom. The van der Waals surface area contributed by atoms with E-state index in [1.54, 1.807) is 0 Å². The van der Waals surface area contributed by atoms with Crippen LogP contribution < -0.4 is 5.32 Å². The van der Waals surface area contributed by atoms with Gasteiger partial charge in [-0.3, -0.25) is 4.79 Å². The average molecular weight is 292 g/mol. The first-order chi connectivity index (χ1) is 10.6. The van der Waals surface area contributed by atoms with Crippen molar-refractivity contribution in [1.29, 1.82) is 0 Å². The van der Waals surface area contributed by atoms with E-state index in [1.807, 2.05) is 50.2 Å². The lowest BCUT2D eigenvalue weighted by molar-refractivity contribution is -0.116. The molecule has 0 atom stereocenters. The van der Waals surface area contributed by atoms with E-state index in [-0.39, 0.29) is 5.91 Å². The Morgan fingerprint density at radius 2 is 1.82 bits per heavy atom. The molecule has 0 fully saturated rings. The number of carbonyl (C=O) groups is 1. The molecule has 0 bridgehead atoms. The highest BCUT2D eigenvalue weighted by Gasteiger charge is 2.06. The molecule has 3 rings (SSSR count). The molecular formula is C19H20N2O. The van der Waals surface area contributed by atoms with Gasteiger partial charge < -0.3 is 10.3 Å². The molecule has 0 radical (unpaired) electrons. The molecule has 1 aromatic heterocycles. The topological polar surface area (TPSA) is 44.9 Å². The maximum Gasteiger partial charge on any atom is 0.224 e. The van der Waals surface area contributed by atoms with E-state index in [1.165, 1.54) is 5.39 Å². The van der Waals surface area contributed by atoms with Gasteiger partial charge in [-0.05, 0) is 35.7 Å². The summed E-state index contributed by atoms with van der Waals surface area (Å²) in [5.41, 5.74) is 4.16. The number of anilines is 1. The first-order valence-corrected chi connectivity index (χ1v) is 7.60. The van der Waals surface area contributed by atoms with Crippen LogP contribution in [0, 0.1) is 5.92 Å². The van der Waals surface area contributed by atoms with Crippen molar-refractivity contribution >= 4 is 22.5 Å². The molecule has 0 saturated carbocycles. The molecular weight excluding hydrogens is 272 g/mol. The van der Waals surface area contributed by atoms with Gasteiger partial charge >= 0.3 is 0 Å². The Kier molecular flexibility index (Phi) is 3.96. The molecule has 0 saturated heterocycles. The van der Waals surface area contributed by atoms with Crippen molar-refractivity contribution in [1.82, 2.24) is 4.98 Å². The van der Waals surface area contributed by atoms with Gasteiger partial charge in [-0.25, -0.2) is 0 Å². The molecule has 112 valence electrons. The number of nitrogens with one attached hydrogen (secondary N) is 2. The van der Waals surface area contributed by atoms with Gasteiger partial charge in [0.1, 0.15) is 0 Å². The molecule has 2 N–H and O–H groups in total. The minimum Gasteiger partial charge on any atom is -0.355 e. The van der Waals surface area contributed by atoms with E-state index < -0.39 is 0 Å². The van der Waals surface area contributed by atoms with Gasteiger partial charge in [-0.15, -0.1) is 0 Å². The van der Waals surface area contributed by atoms with Crippen LogP contribution in [-0.2, 0) is 4.79 Å². The van der Waals surface area contributed by atoms with E-state index in [2.05, 4.69) is 28.5 Å². The summed E-state index contributed by atoms with van der Waals surface area (Å²) in [6.45, 7) is 4.08. The molecule has 3 aromatic rings. The average Bonchev–Trinajstić information content (AvgIpc) is 2.91. The molecule has 2 aromatic carbocycles. The summed E-state index contributed by atoms with van der Waals surface area (Å²) in [5, 5.41) is 4.13. The lowest BCUT2D eigenvalue weighted by Gasteiger charge is -2.07. The summed E-state index contributed by atoms with van der Waals surface area (Å²) in [6.07, 6.45) is 0.545. The minimum atomic E-state index is 0.0633. The summed E-state index contributed by atoms with van der Waals surface area (Å²) in [5.74, 6) is 0.430. The first-order valence-electron chi connectivity index (χ1n) is 7.60. The highest BCUT2D eigenvalue weighted by Crippen LogP contribution is 2.25. The van der Waals surface area contributed by atoms with Crippen LogP contribution >= 0.6 is 0 Å². The van der Waals surface area contributed by atoms with Gasteiger partial charge in [0.15, 0.2) is 0 Å². The molecule has 0 unspecified atom stereocenters. The Balaban J connectivity index is 1.77. The van der Waals surface area contributed by atoms with Gasteiger partial charge in [-0.1, -0.05) is 44.2 Å². The summed E-state index contributed by atoms with van der Waals surface area (Å²) >= 11 is 0. The largest absolute Gasteiger partial charge is 0.355 e. The van der Waals surface area contributed by atoms with Crippen molar-refractivity contribution in [3.8, 4) is 11.3 Å². The third-order valence-electron chi connectivity index (χ3n) is 3.60. The Bertz CT molecular complexity index is 752. The smallest absolute Gasteiger partial charge is 0.224 e. The summed E-state index contributed by atoms with van der Waals surface area (Å²) in [4.78, 5) is 15.2. The van der Waals surface area contributed by atoms with Crippen LogP contribution in [0.5, 0.6) is 0 Å². The number of para-hydroxylation sites is 1.